The Morgan fingerprint density at radius 2 is 1.93 bits per heavy atom. The average Bonchev–Trinajstić information content (AvgIpc) is 3.26. The summed E-state index contributed by atoms with van der Waals surface area (Å²) in [6.45, 7) is 0.752. The van der Waals surface area contributed by atoms with Crippen LogP contribution in [0.25, 0.3) is 5.69 Å². The first-order chi connectivity index (χ1) is 13.0. The number of anilines is 1. The second kappa shape index (κ2) is 6.64. The third kappa shape index (κ3) is 3.37. The van der Waals surface area contributed by atoms with Gasteiger partial charge in [0.25, 0.3) is 0 Å². The van der Waals surface area contributed by atoms with E-state index < -0.39 is 11.7 Å². The van der Waals surface area contributed by atoms with E-state index in [1.54, 1.807) is 17.9 Å². The van der Waals surface area contributed by atoms with Crippen molar-refractivity contribution in [2.75, 3.05) is 19.0 Å². The molecule has 0 radical (unpaired) electrons. The third-order valence-electron chi connectivity index (χ3n) is 4.68. The molecule has 7 heteroatoms. The first-order valence-corrected chi connectivity index (χ1v) is 8.61. The van der Waals surface area contributed by atoms with E-state index >= 15 is 0 Å². The fourth-order valence-electron chi connectivity index (χ4n) is 3.33. The number of benzene rings is 2. The Labute approximate surface area is 154 Å². The van der Waals surface area contributed by atoms with Gasteiger partial charge in [-0.2, -0.15) is 18.3 Å². The average molecular weight is 373 g/mol. The second-order valence-corrected chi connectivity index (χ2v) is 6.44. The summed E-state index contributed by atoms with van der Waals surface area (Å²) >= 11 is 0. The minimum absolute atomic E-state index is 0.399. The van der Waals surface area contributed by atoms with Crippen molar-refractivity contribution in [3.63, 3.8) is 0 Å². The Balaban J connectivity index is 1.70. The van der Waals surface area contributed by atoms with Crippen LogP contribution in [0.4, 0.5) is 19.0 Å². The topological polar surface area (TPSA) is 39.1 Å². The van der Waals surface area contributed by atoms with Gasteiger partial charge in [-0.05, 0) is 42.3 Å². The Morgan fingerprint density at radius 3 is 2.63 bits per heavy atom. The molecule has 0 spiro atoms. The number of ether oxygens (including phenoxy) is 1. The van der Waals surface area contributed by atoms with Crippen LogP contribution in [0.1, 0.15) is 22.4 Å². The molecule has 0 saturated heterocycles. The number of fused-ring (bicyclic) bond motifs is 1. The molecular weight excluding hydrogens is 355 g/mol. The van der Waals surface area contributed by atoms with E-state index in [0.29, 0.717) is 12.1 Å². The number of nitrogens with one attached hydrogen (secondary N) is 1. The number of nitrogens with zero attached hydrogens (tertiary/aromatic N) is 2. The van der Waals surface area contributed by atoms with E-state index in [2.05, 4.69) is 10.4 Å². The van der Waals surface area contributed by atoms with E-state index in [-0.39, 0.29) is 0 Å². The highest BCUT2D eigenvalue weighted by molar-refractivity contribution is 5.58. The van der Waals surface area contributed by atoms with Gasteiger partial charge in [0, 0.05) is 18.5 Å². The van der Waals surface area contributed by atoms with Crippen LogP contribution >= 0.6 is 0 Å². The summed E-state index contributed by atoms with van der Waals surface area (Å²) in [5, 5.41) is 7.87. The van der Waals surface area contributed by atoms with Gasteiger partial charge in [-0.3, -0.25) is 0 Å². The fourth-order valence-corrected chi connectivity index (χ4v) is 3.33. The number of methoxy groups -OCH3 is 1. The minimum Gasteiger partial charge on any atom is -0.497 e. The lowest BCUT2D eigenvalue weighted by atomic mass is 10.1. The Bertz CT molecular complexity index is 962. The molecule has 0 saturated carbocycles. The molecule has 27 heavy (non-hydrogen) atoms. The van der Waals surface area contributed by atoms with Gasteiger partial charge in [-0.25, -0.2) is 4.68 Å². The number of halogens is 3. The molecule has 0 fully saturated rings. The quantitative estimate of drug-likeness (QED) is 0.734. The second-order valence-electron chi connectivity index (χ2n) is 6.44. The van der Waals surface area contributed by atoms with Crippen LogP contribution in [0.15, 0.2) is 48.5 Å². The van der Waals surface area contributed by atoms with Crippen LogP contribution in [-0.4, -0.2) is 23.4 Å². The number of hydrogen-bond donors (Lipinski definition) is 1. The van der Waals surface area contributed by atoms with E-state index in [9.17, 15) is 13.2 Å². The Hall–Kier alpha value is -2.96. The van der Waals surface area contributed by atoms with E-state index in [1.165, 1.54) is 6.07 Å². The molecular formula is C20H18F3N3O. The van der Waals surface area contributed by atoms with Crippen molar-refractivity contribution in [2.24, 2.45) is 0 Å². The van der Waals surface area contributed by atoms with Gasteiger partial charge in [0.15, 0.2) is 0 Å². The highest BCUT2D eigenvalue weighted by Crippen LogP contribution is 2.33. The fraction of sp³-hybridized carbons (Fsp3) is 0.250. The molecule has 2 heterocycles. The van der Waals surface area contributed by atoms with Crippen LogP contribution in [0.2, 0.25) is 0 Å². The molecule has 140 valence electrons. The number of alkyl halides is 3. The van der Waals surface area contributed by atoms with Gasteiger partial charge in [0.2, 0.25) is 0 Å². The third-order valence-corrected chi connectivity index (χ3v) is 4.68. The smallest absolute Gasteiger partial charge is 0.416 e. The zero-order valence-electron chi connectivity index (χ0n) is 14.7. The number of rotatable bonds is 4. The molecule has 4 rings (SSSR count). The predicted octanol–water partition coefficient (Wildman–Crippen LogP) is 4.46. The van der Waals surface area contributed by atoms with Crippen molar-refractivity contribution in [3.8, 4) is 11.4 Å². The van der Waals surface area contributed by atoms with Crippen molar-refractivity contribution < 1.29 is 17.9 Å². The zero-order chi connectivity index (χ0) is 19.0. The summed E-state index contributed by atoms with van der Waals surface area (Å²) in [6, 6.07) is 13.0. The highest BCUT2D eigenvalue weighted by Gasteiger charge is 2.31. The standard InChI is InChI=1S/C20H18F3N3O/c1-27-16-7-5-13(6-8-16)11-18-17-9-10-24-19(17)26(25-18)15-4-2-3-14(12-15)20(21,22)23/h2-8,12,24H,9-11H2,1H3. The van der Waals surface area contributed by atoms with E-state index in [1.807, 2.05) is 24.3 Å². The summed E-state index contributed by atoms with van der Waals surface area (Å²) in [6.07, 6.45) is -2.97. The maximum Gasteiger partial charge on any atom is 0.416 e. The molecule has 0 aliphatic carbocycles. The molecule has 1 aliphatic heterocycles. The van der Waals surface area contributed by atoms with Crippen molar-refractivity contribution in [1.82, 2.24) is 9.78 Å². The van der Waals surface area contributed by atoms with E-state index in [0.717, 1.165) is 53.5 Å². The van der Waals surface area contributed by atoms with Gasteiger partial charge < -0.3 is 10.1 Å². The van der Waals surface area contributed by atoms with Crippen LogP contribution < -0.4 is 10.1 Å². The summed E-state index contributed by atoms with van der Waals surface area (Å²) in [5.74, 6) is 1.55. The van der Waals surface area contributed by atoms with E-state index in [4.69, 9.17) is 4.74 Å². The van der Waals surface area contributed by atoms with Gasteiger partial charge in [-0.1, -0.05) is 18.2 Å². The van der Waals surface area contributed by atoms with Crippen LogP contribution in [0.3, 0.4) is 0 Å². The molecule has 1 aliphatic rings. The largest absolute Gasteiger partial charge is 0.497 e. The molecule has 3 aromatic rings. The molecule has 4 nitrogen and oxygen atoms in total. The maximum atomic E-state index is 13.1. The SMILES string of the molecule is COc1ccc(Cc2nn(-c3cccc(C(F)(F)F)c3)c3c2CCN3)cc1. The first kappa shape index (κ1) is 17.5. The molecule has 0 amide bonds. The van der Waals surface area contributed by atoms with Crippen LogP contribution in [-0.2, 0) is 19.0 Å². The van der Waals surface area contributed by atoms with Gasteiger partial charge in [0.05, 0.1) is 24.1 Å². The molecule has 1 N–H and O–H groups in total. The number of hydrogen-bond acceptors (Lipinski definition) is 3. The lowest BCUT2D eigenvalue weighted by Gasteiger charge is -2.10. The molecule has 0 atom stereocenters. The van der Waals surface area contributed by atoms with Gasteiger partial charge in [0.1, 0.15) is 11.6 Å². The maximum absolute atomic E-state index is 13.1. The summed E-state index contributed by atoms with van der Waals surface area (Å²) < 4.78 is 45.9. The van der Waals surface area contributed by atoms with Crippen molar-refractivity contribution in [2.45, 2.75) is 19.0 Å². The predicted molar refractivity (Wildman–Crippen MR) is 96.6 cm³/mol. The lowest BCUT2D eigenvalue weighted by molar-refractivity contribution is -0.137. The summed E-state index contributed by atoms with van der Waals surface area (Å²) in [4.78, 5) is 0. The van der Waals surface area contributed by atoms with Gasteiger partial charge in [-0.15, -0.1) is 0 Å². The van der Waals surface area contributed by atoms with Crippen molar-refractivity contribution in [1.29, 1.82) is 0 Å². The minimum atomic E-state index is -4.38. The molecule has 0 bridgehead atoms. The molecule has 1 aromatic heterocycles. The number of aromatic nitrogens is 2. The van der Waals surface area contributed by atoms with Gasteiger partial charge >= 0.3 is 6.18 Å². The zero-order valence-corrected chi connectivity index (χ0v) is 14.7. The first-order valence-electron chi connectivity index (χ1n) is 8.61. The highest BCUT2D eigenvalue weighted by atomic mass is 19.4. The lowest BCUT2D eigenvalue weighted by Crippen LogP contribution is -2.08. The Morgan fingerprint density at radius 1 is 1.15 bits per heavy atom. The Kier molecular flexibility index (Phi) is 4.30. The monoisotopic (exact) mass is 373 g/mol. The van der Waals surface area contributed by atoms with Crippen molar-refractivity contribution >= 4 is 5.82 Å². The normalized spacial score (nSPS) is 13.3. The molecule has 0 unspecified atom stereocenters. The van der Waals surface area contributed by atoms with Crippen LogP contribution in [0, 0.1) is 0 Å². The van der Waals surface area contributed by atoms with Crippen LogP contribution in [0.5, 0.6) is 5.75 Å². The summed E-state index contributed by atoms with van der Waals surface area (Å²) in [5.41, 5.74) is 2.72. The van der Waals surface area contributed by atoms with Crippen molar-refractivity contribution in [3.05, 3.63) is 70.9 Å². The molecule has 2 aromatic carbocycles. The summed E-state index contributed by atoms with van der Waals surface area (Å²) in [7, 11) is 1.62.